The quantitative estimate of drug-likeness (QED) is 0.943. The summed E-state index contributed by atoms with van der Waals surface area (Å²) >= 11 is 3.60. The summed E-state index contributed by atoms with van der Waals surface area (Å²) in [7, 11) is 1.95. The van der Waals surface area contributed by atoms with Crippen molar-refractivity contribution in [1.29, 1.82) is 0 Å². The molecule has 0 radical (unpaired) electrons. The number of hydrogen-bond acceptors (Lipinski definition) is 3. The zero-order chi connectivity index (χ0) is 13.1. The lowest BCUT2D eigenvalue weighted by Gasteiger charge is -2.11. The lowest BCUT2D eigenvalue weighted by atomic mass is 10.1. The van der Waals surface area contributed by atoms with Gasteiger partial charge in [-0.15, -0.1) is 0 Å². The molecule has 2 aromatic rings. The number of hydrogen-bond donors (Lipinski definition) is 1. The highest BCUT2D eigenvalue weighted by Crippen LogP contribution is 2.25. The number of nitrogens with two attached hydrogens (primary N) is 1. The molecular formula is C13H17BrN4. The molecular weight excluding hydrogens is 292 g/mol. The van der Waals surface area contributed by atoms with Crippen molar-refractivity contribution in [2.24, 2.45) is 12.8 Å². The van der Waals surface area contributed by atoms with Crippen LogP contribution < -0.4 is 5.73 Å². The minimum Gasteiger partial charge on any atom is -0.322 e. The van der Waals surface area contributed by atoms with E-state index in [9.17, 15) is 0 Å². The van der Waals surface area contributed by atoms with E-state index in [1.165, 1.54) is 0 Å². The van der Waals surface area contributed by atoms with Crippen LogP contribution in [0, 0.1) is 0 Å². The van der Waals surface area contributed by atoms with Gasteiger partial charge in [0.05, 0.1) is 27.6 Å². The molecule has 0 fully saturated rings. The highest BCUT2D eigenvalue weighted by molar-refractivity contribution is 9.10. The summed E-state index contributed by atoms with van der Waals surface area (Å²) in [4.78, 5) is 4.29. The molecule has 0 aliphatic heterocycles. The highest BCUT2D eigenvalue weighted by Gasteiger charge is 2.16. The van der Waals surface area contributed by atoms with Crippen LogP contribution in [0.1, 0.15) is 30.0 Å². The van der Waals surface area contributed by atoms with Crippen molar-refractivity contribution in [3.05, 3.63) is 46.0 Å². The van der Waals surface area contributed by atoms with Crippen molar-refractivity contribution in [2.45, 2.75) is 25.8 Å². The first-order chi connectivity index (χ1) is 8.63. The molecule has 96 valence electrons. The van der Waals surface area contributed by atoms with E-state index in [4.69, 9.17) is 5.73 Å². The molecule has 5 heteroatoms. The Morgan fingerprint density at radius 2 is 2.22 bits per heavy atom. The van der Waals surface area contributed by atoms with E-state index in [1.807, 2.05) is 29.9 Å². The molecule has 2 heterocycles. The fraction of sp³-hybridized carbons (Fsp3) is 0.385. The van der Waals surface area contributed by atoms with E-state index in [2.05, 4.69) is 32.9 Å². The van der Waals surface area contributed by atoms with Crippen LogP contribution in [0.4, 0.5) is 0 Å². The van der Waals surface area contributed by atoms with Gasteiger partial charge in [0, 0.05) is 19.7 Å². The standard InChI is InChI=1S/C13H17BrN4/c1-3-10-13(14)12(18(2)17-10)8-9(15)11-6-4-5-7-16-11/h4-7,9H,3,8,15H2,1-2H3. The molecule has 0 aromatic carbocycles. The molecule has 2 rings (SSSR count). The predicted molar refractivity (Wildman–Crippen MR) is 75.2 cm³/mol. The van der Waals surface area contributed by atoms with Crippen LogP contribution in [0.25, 0.3) is 0 Å². The predicted octanol–water partition coefficient (Wildman–Crippen LogP) is 2.38. The van der Waals surface area contributed by atoms with Gasteiger partial charge in [0.15, 0.2) is 0 Å². The fourth-order valence-corrected chi connectivity index (χ4v) is 2.73. The topological polar surface area (TPSA) is 56.7 Å². The summed E-state index contributed by atoms with van der Waals surface area (Å²) < 4.78 is 2.96. The summed E-state index contributed by atoms with van der Waals surface area (Å²) in [6.45, 7) is 2.09. The van der Waals surface area contributed by atoms with Crippen molar-refractivity contribution in [2.75, 3.05) is 0 Å². The Morgan fingerprint density at radius 1 is 1.44 bits per heavy atom. The molecule has 1 unspecified atom stereocenters. The Kier molecular flexibility index (Phi) is 4.14. The van der Waals surface area contributed by atoms with Crippen molar-refractivity contribution >= 4 is 15.9 Å². The molecule has 18 heavy (non-hydrogen) atoms. The highest BCUT2D eigenvalue weighted by atomic mass is 79.9. The molecule has 0 saturated heterocycles. The van der Waals surface area contributed by atoms with Gasteiger partial charge in [0.25, 0.3) is 0 Å². The molecule has 2 N–H and O–H groups in total. The second kappa shape index (κ2) is 5.63. The zero-order valence-corrected chi connectivity index (χ0v) is 12.2. The van der Waals surface area contributed by atoms with Crippen LogP contribution in [-0.2, 0) is 19.9 Å². The summed E-state index contributed by atoms with van der Waals surface area (Å²) in [6, 6.07) is 5.70. The molecule has 0 saturated carbocycles. The Hall–Kier alpha value is -1.20. The summed E-state index contributed by atoms with van der Waals surface area (Å²) in [6.07, 6.45) is 3.40. The van der Waals surface area contributed by atoms with Gasteiger partial charge in [-0.3, -0.25) is 9.67 Å². The third-order valence-electron chi connectivity index (χ3n) is 2.98. The van der Waals surface area contributed by atoms with Gasteiger partial charge < -0.3 is 5.73 Å². The normalized spacial score (nSPS) is 12.7. The maximum Gasteiger partial charge on any atom is 0.0766 e. The monoisotopic (exact) mass is 308 g/mol. The molecule has 0 aliphatic carbocycles. The Balaban J connectivity index is 2.22. The molecule has 1 atom stereocenters. The van der Waals surface area contributed by atoms with Crippen LogP contribution in [-0.4, -0.2) is 14.8 Å². The van der Waals surface area contributed by atoms with Gasteiger partial charge in [-0.2, -0.15) is 5.10 Å². The van der Waals surface area contributed by atoms with E-state index < -0.39 is 0 Å². The van der Waals surface area contributed by atoms with Gasteiger partial charge in [-0.05, 0) is 34.5 Å². The molecule has 0 bridgehead atoms. The Morgan fingerprint density at radius 3 is 2.78 bits per heavy atom. The van der Waals surface area contributed by atoms with E-state index in [0.29, 0.717) is 0 Å². The van der Waals surface area contributed by atoms with Crippen molar-refractivity contribution in [1.82, 2.24) is 14.8 Å². The number of pyridine rings is 1. The second-order valence-electron chi connectivity index (χ2n) is 4.25. The number of aromatic nitrogens is 3. The maximum absolute atomic E-state index is 6.19. The SMILES string of the molecule is CCc1nn(C)c(CC(N)c2ccccn2)c1Br. The van der Waals surface area contributed by atoms with Crippen LogP contribution in [0.3, 0.4) is 0 Å². The minimum atomic E-state index is -0.109. The Labute approximate surface area is 115 Å². The molecule has 0 amide bonds. The second-order valence-corrected chi connectivity index (χ2v) is 5.04. The van der Waals surface area contributed by atoms with Crippen molar-refractivity contribution in [3.8, 4) is 0 Å². The van der Waals surface area contributed by atoms with Gasteiger partial charge in [0.2, 0.25) is 0 Å². The lowest BCUT2D eigenvalue weighted by molar-refractivity contribution is 0.626. The molecule has 2 aromatic heterocycles. The van der Waals surface area contributed by atoms with Gasteiger partial charge in [0.1, 0.15) is 0 Å². The van der Waals surface area contributed by atoms with Crippen molar-refractivity contribution in [3.63, 3.8) is 0 Å². The van der Waals surface area contributed by atoms with Crippen LogP contribution >= 0.6 is 15.9 Å². The number of nitrogens with zero attached hydrogens (tertiary/aromatic N) is 3. The first kappa shape index (κ1) is 13.2. The van der Waals surface area contributed by atoms with Crippen LogP contribution in [0.5, 0.6) is 0 Å². The third-order valence-corrected chi connectivity index (χ3v) is 3.90. The molecule has 4 nitrogen and oxygen atoms in total. The van der Waals surface area contributed by atoms with E-state index in [-0.39, 0.29) is 6.04 Å². The Bertz CT molecular complexity index is 521. The largest absolute Gasteiger partial charge is 0.322 e. The number of aryl methyl sites for hydroxylation is 2. The smallest absolute Gasteiger partial charge is 0.0766 e. The average Bonchev–Trinajstić information content (AvgIpc) is 2.67. The van der Waals surface area contributed by atoms with Gasteiger partial charge >= 0.3 is 0 Å². The lowest BCUT2D eigenvalue weighted by Crippen LogP contribution is -2.16. The minimum absolute atomic E-state index is 0.109. The zero-order valence-electron chi connectivity index (χ0n) is 10.6. The van der Waals surface area contributed by atoms with E-state index in [1.54, 1.807) is 6.20 Å². The first-order valence-electron chi connectivity index (χ1n) is 6.00. The van der Waals surface area contributed by atoms with Gasteiger partial charge in [-0.25, -0.2) is 0 Å². The van der Waals surface area contributed by atoms with Crippen LogP contribution in [0.2, 0.25) is 0 Å². The average molecular weight is 309 g/mol. The van der Waals surface area contributed by atoms with Gasteiger partial charge in [-0.1, -0.05) is 13.0 Å². The number of halogens is 1. The van der Waals surface area contributed by atoms with Crippen molar-refractivity contribution < 1.29 is 0 Å². The maximum atomic E-state index is 6.19. The fourth-order valence-electron chi connectivity index (χ4n) is 1.95. The molecule has 0 spiro atoms. The van der Waals surface area contributed by atoms with E-state index >= 15 is 0 Å². The van der Waals surface area contributed by atoms with E-state index in [0.717, 1.165) is 34.4 Å². The first-order valence-corrected chi connectivity index (χ1v) is 6.79. The summed E-state index contributed by atoms with van der Waals surface area (Å²) in [5.41, 5.74) is 9.28. The third kappa shape index (κ3) is 2.62. The van der Waals surface area contributed by atoms with Crippen LogP contribution in [0.15, 0.2) is 28.9 Å². The number of rotatable bonds is 4. The summed E-state index contributed by atoms with van der Waals surface area (Å²) in [5, 5.41) is 4.47. The molecule has 0 aliphatic rings. The summed E-state index contributed by atoms with van der Waals surface area (Å²) in [5.74, 6) is 0.